The average Bonchev–Trinajstić information content (AvgIpc) is 2.99. The summed E-state index contributed by atoms with van der Waals surface area (Å²) in [5, 5.41) is 5.26. The second-order valence-electron chi connectivity index (χ2n) is 5.80. The third kappa shape index (κ3) is 3.70. The van der Waals surface area contributed by atoms with E-state index < -0.39 is 0 Å². The molecular weight excluding hydrogens is 357 g/mol. The Bertz CT molecular complexity index is 906. The van der Waals surface area contributed by atoms with Crippen LogP contribution in [0.3, 0.4) is 0 Å². The van der Waals surface area contributed by atoms with Crippen LogP contribution in [0.15, 0.2) is 54.7 Å². The van der Waals surface area contributed by atoms with Gasteiger partial charge in [0.05, 0.1) is 33.2 Å². The number of hydrogen-bond donors (Lipinski definition) is 0. The third-order valence-electron chi connectivity index (χ3n) is 4.00. The number of nitrogens with zero attached hydrogens (tertiary/aromatic N) is 3. The predicted molar refractivity (Wildman–Crippen MR) is 101 cm³/mol. The van der Waals surface area contributed by atoms with Crippen LogP contribution in [0.4, 0.5) is 0 Å². The Morgan fingerprint density at radius 3 is 2.52 bits per heavy atom. The second kappa shape index (κ2) is 7.30. The van der Waals surface area contributed by atoms with Gasteiger partial charge in [-0.25, -0.2) is 4.68 Å². The van der Waals surface area contributed by atoms with E-state index in [-0.39, 0.29) is 5.91 Å². The van der Waals surface area contributed by atoms with Crippen molar-refractivity contribution < 1.29 is 4.79 Å². The smallest absolute Gasteiger partial charge is 0.257 e. The molecule has 25 heavy (non-hydrogen) atoms. The Labute approximate surface area is 156 Å². The quantitative estimate of drug-likeness (QED) is 0.661. The molecule has 0 saturated heterocycles. The molecule has 0 aliphatic heterocycles. The van der Waals surface area contributed by atoms with Gasteiger partial charge in [0.2, 0.25) is 0 Å². The van der Waals surface area contributed by atoms with E-state index in [1.54, 1.807) is 35.0 Å². The van der Waals surface area contributed by atoms with Crippen molar-refractivity contribution in [2.24, 2.45) is 0 Å². The first-order chi connectivity index (χ1) is 12.0. The Balaban J connectivity index is 1.84. The summed E-state index contributed by atoms with van der Waals surface area (Å²) in [6.45, 7) is 2.40. The third-order valence-corrected chi connectivity index (χ3v) is 4.74. The number of halogens is 2. The Hall–Kier alpha value is -2.30. The summed E-state index contributed by atoms with van der Waals surface area (Å²) in [6.07, 6.45) is 1.58. The summed E-state index contributed by atoms with van der Waals surface area (Å²) < 4.78 is 1.69. The van der Waals surface area contributed by atoms with Crippen molar-refractivity contribution >= 4 is 29.1 Å². The molecule has 3 aromatic rings. The van der Waals surface area contributed by atoms with Crippen molar-refractivity contribution in [2.45, 2.75) is 13.5 Å². The lowest BCUT2D eigenvalue weighted by Crippen LogP contribution is -2.26. The Kier molecular flexibility index (Phi) is 5.11. The molecule has 0 aliphatic carbocycles. The number of carbonyl (C=O) groups is 1. The van der Waals surface area contributed by atoms with Crippen LogP contribution in [0, 0.1) is 6.92 Å². The number of aromatic nitrogens is 2. The maximum atomic E-state index is 12.8. The van der Waals surface area contributed by atoms with Crippen LogP contribution in [0.1, 0.15) is 21.6 Å². The van der Waals surface area contributed by atoms with E-state index >= 15 is 0 Å². The first-order valence-electron chi connectivity index (χ1n) is 7.77. The molecule has 0 unspecified atom stereocenters. The number of amides is 1. The van der Waals surface area contributed by atoms with Gasteiger partial charge >= 0.3 is 0 Å². The van der Waals surface area contributed by atoms with Crippen LogP contribution < -0.4 is 0 Å². The Morgan fingerprint density at radius 2 is 1.84 bits per heavy atom. The van der Waals surface area contributed by atoms with Gasteiger partial charge in [0, 0.05) is 13.6 Å². The van der Waals surface area contributed by atoms with Gasteiger partial charge in [-0.15, -0.1) is 0 Å². The van der Waals surface area contributed by atoms with E-state index in [1.807, 2.05) is 43.3 Å². The van der Waals surface area contributed by atoms with Crippen molar-refractivity contribution in [3.63, 3.8) is 0 Å². The average molecular weight is 374 g/mol. The molecule has 0 spiro atoms. The molecule has 1 amide bonds. The minimum absolute atomic E-state index is 0.0762. The first-order valence-corrected chi connectivity index (χ1v) is 8.52. The summed E-state index contributed by atoms with van der Waals surface area (Å²) in [5.41, 5.74) is 3.15. The molecule has 2 aromatic carbocycles. The lowest BCUT2D eigenvalue weighted by atomic mass is 10.2. The summed E-state index contributed by atoms with van der Waals surface area (Å²) in [4.78, 5) is 14.4. The standard InChI is InChI=1S/C19H17Cl2N3O/c1-13-16(19(25)23(2)12-14-6-4-3-5-7-14)11-22-24(13)15-8-9-17(20)18(21)10-15/h3-11H,12H2,1-2H3. The molecule has 3 rings (SSSR count). The van der Waals surface area contributed by atoms with Crippen LogP contribution in [-0.4, -0.2) is 27.6 Å². The first kappa shape index (κ1) is 17.5. The zero-order chi connectivity index (χ0) is 18.0. The van der Waals surface area contributed by atoms with Crippen LogP contribution in [0.5, 0.6) is 0 Å². The van der Waals surface area contributed by atoms with Crippen LogP contribution >= 0.6 is 23.2 Å². The van der Waals surface area contributed by atoms with Gasteiger partial charge in [-0.3, -0.25) is 4.79 Å². The van der Waals surface area contributed by atoms with Gasteiger partial charge in [-0.05, 0) is 30.7 Å². The molecule has 0 atom stereocenters. The summed E-state index contributed by atoms with van der Waals surface area (Å²) in [7, 11) is 1.78. The zero-order valence-corrected chi connectivity index (χ0v) is 15.4. The van der Waals surface area contributed by atoms with Crippen LogP contribution in [0.25, 0.3) is 5.69 Å². The fourth-order valence-corrected chi connectivity index (χ4v) is 2.92. The van der Waals surface area contributed by atoms with Crippen molar-refractivity contribution in [3.8, 4) is 5.69 Å². The van der Waals surface area contributed by atoms with E-state index in [2.05, 4.69) is 5.10 Å². The van der Waals surface area contributed by atoms with Crippen molar-refractivity contribution in [2.75, 3.05) is 7.05 Å². The van der Waals surface area contributed by atoms with Crippen LogP contribution in [0.2, 0.25) is 10.0 Å². The van der Waals surface area contributed by atoms with E-state index in [1.165, 1.54) is 0 Å². The number of benzene rings is 2. The predicted octanol–water partition coefficient (Wildman–Crippen LogP) is 4.76. The SMILES string of the molecule is Cc1c(C(=O)N(C)Cc2ccccc2)cnn1-c1ccc(Cl)c(Cl)c1. The Morgan fingerprint density at radius 1 is 1.12 bits per heavy atom. The summed E-state index contributed by atoms with van der Waals surface area (Å²) in [5.74, 6) is -0.0762. The topological polar surface area (TPSA) is 38.1 Å². The molecule has 6 heteroatoms. The van der Waals surface area contributed by atoms with E-state index in [9.17, 15) is 4.79 Å². The maximum absolute atomic E-state index is 12.8. The van der Waals surface area contributed by atoms with Crippen molar-refractivity contribution in [1.29, 1.82) is 0 Å². The monoisotopic (exact) mass is 373 g/mol. The highest BCUT2D eigenvalue weighted by Gasteiger charge is 2.19. The maximum Gasteiger partial charge on any atom is 0.257 e. The fraction of sp³-hybridized carbons (Fsp3) is 0.158. The zero-order valence-electron chi connectivity index (χ0n) is 13.9. The van der Waals surface area contributed by atoms with Crippen molar-refractivity contribution in [3.05, 3.63) is 81.6 Å². The van der Waals surface area contributed by atoms with E-state index in [0.29, 0.717) is 22.2 Å². The molecule has 0 saturated carbocycles. The second-order valence-corrected chi connectivity index (χ2v) is 6.62. The fourth-order valence-electron chi connectivity index (χ4n) is 2.63. The lowest BCUT2D eigenvalue weighted by molar-refractivity contribution is 0.0784. The molecule has 1 aromatic heterocycles. The molecule has 4 nitrogen and oxygen atoms in total. The highest BCUT2D eigenvalue weighted by atomic mass is 35.5. The minimum Gasteiger partial charge on any atom is -0.337 e. The summed E-state index contributed by atoms with van der Waals surface area (Å²) >= 11 is 12.0. The normalized spacial score (nSPS) is 10.7. The van der Waals surface area contributed by atoms with E-state index in [4.69, 9.17) is 23.2 Å². The summed E-state index contributed by atoms with van der Waals surface area (Å²) in [6, 6.07) is 15.1. The largest absolute Gasteiger partial charge is 0.337 e. The molecule has 1 heterocycles. The highest BCUT2D eigenvalue weighted by molar-refractivity contribution is 6.42. The molecule has 0 aliphatic rings. The molecule has 0 N–H and O–H groups in total. The number of carbonyl (C=O) groups excluding carboxylic acids is 1. The molecule has 0 bridgehead atoms. The molecule has 0 radical (unpaired) electrons. The number of hydrogen-bond acceptors (Lipinski definition) is 2. The van der Waals surface area contributed by atoms with Gasteiger partial charge in [-0.1, -0.05) is 53.5 Å². The molecular formula is C19H17Cl2N3O. The van der Waals surface area contributed by atoms with Gasteiger partial charge in [0.15, 0.2) is 0 Å². The van der Waals surface area contributed by atoms with Gasteiger partial charge in [0.1, 0.15) is 0 Å². The van der Waals surface area contributed by atoms with Gasteiger partial charge in [0.25, 0.3) is 5.91 Å². The lowest BCUT2D eigenvalue weighted by Gasteiger charge is -2.17. The van der Waals surface area contributed by atoms with Crippen LogP contribution in [-0.2, 0) is 6.54 Å². The molecule has 128 valence electrons. The van der Waals surface area contributed by atoms with Crippen molar-refractivity contribution in [1.82, 2.24) is 14.7 Å². The van der Waals surface area contributed by atoms with E-state index in [0.717, 1.165) is 16.9 Å². The minimum atomic E-state index is -0.0762. The van der Waals surface area contributed by atoms with Gasteiger partial charge < -0.3 is 4.90 Å². The molecule has 0 fully saturated rings. The van der Waals surface area contributed by atoms with Gasteiger partial charge in [-0.2, -0.15) is 5.10 Å². The highest BCUT2D eigenvalue weighted by Crippen LogP contribution is 2.25. The number of rotatable bonds is 4.